The van der Waals surface area contributed by atoms with Crippen LogP contribution in [0.15, 0.2) is 0 Å². The Morgan fingerprint density at radius 1 is 1.06 bits per heavy atom. The molecule has 18 heavy (non-hydrogen) atoms. The normalized spacial score (nSPS) is 13.0. The van der Waals surface area contributed by atoms with Gasteiger partial charge in [-0.1, -0.05) is 13.8 Å². The highest BCUT2D eigenvalue weighted by Gasteiger charge is 2.31. The smallest absolute Gasteiger partial charge is 0.383 e. The standard InChI is InChI=1S/C12H24F3NO2/c1-4-11(5-2,8-16-6-7-17-3)9-18-10-12(13,14)15/h16H,4-10H2,1-3H3. The molecule has 0 bridgehead atoms. The van der Waals surface area contributed by atoms with Crippen LogP contribution < -0.4 is 5.32 Å². The number of nitrogens with one attached hydrogen (secondary N) is 1. The molecule has 6 heteroatoms. The highest BCUT2D eigenvalue weighted by Crippen LogP contribution is 2.27. The van der Waals surface area contributed by atoms with Gasteiger partial charge in [-0.3, -0.25) is 0 Å². The summed E-state index contributed by atoms with van der Waals surface area (Å²) in [7, 11) is 1.61. The number of hydrogen-bond donors (Lipinski definition) is 1. The summed E-state index contributed by atoms with van der Waals surface area (Å²) in [5.74, 6) is 0. The lowest BCUT2D eigenvalue weighted by Gasteiger charge is -2.32. The van der Waals surface area contributed by atoms with Crippen LogP contribution in [0.1, 0.15) is 26.7 Å². The predicted octanol–water partition coefficient (Wildman–Crippen LogP) is 2.61. The molecule has 0 unspecified atom stereocenters. The molecule has 0 aliphatic rings. The van der Waals surface area contributed by atoms with E-state index in [1.807, 2.05) is 13.8 Å². The Labute approximate surface area is 107 Å². The van der Waals surface area contributed by atoms with E-state index < -0.39 is 12.8 Å². The molecule has 3 nitrogen and oxygen atoms in total. The lowest BCUT2D eigenvalue weighted by Crippen LogP contribution is -2.39. The fourth-order valence-electron chi connectivity index (χ4n) is 1.67. The molecule has 0 saturated carbocycles. The number of hydrogen-bond acceptors (Lipinski definition) is 3. The van der Waals surface area contributed by atoms with E-state index in [4.69, 9.17) is 9.47 Å². The molecule has 0 amide bonds. The van der Waals surface area contributed by atoms with Crippen molar-refractivity contribution in [2.45, 2.75) is 32.9 Å². The maximum absolute atomic E-state index is 12.0. The van der Waals surface area contributed by atoms with E-state index in [0.29, 0.717) is 19.7 Å². The van der Waals surface area contributed by atoms with Gasteiger partial charge < -0.3 is 14.8 Å². The minimum atomic E-state index is -4.25. The maximum atomic E-state index is 12.0. The first-order chi connectivity index (χ1) is 8.39. The zero-order valence-corrected chi connectivity index (χ0v) is 11.4. The first-order valence-corrected chi connectivity index (χ1v) is 6.23. The van der Waals surface area contributed by atoms with Crippen molar-refractivity contribution >= 4 is 0 Å². The Bertz CT molecular complexity index is 206. The van der Waals surface area contributed by atoms with E-state index in [0.717, 1.165) is 12.8 Å². The van der Waals surface area contributed by atoms with Crippen molar-refractivity contribution in [2.75, 3.05) is 40.0 Å². The molecular weight excluding hydrogens is 247 g/mol. The monoisotopic (exact) mass is 271 g/mol. The fraction of sp³-hybridized carbons (Fsp3) is 1.00. The van der Waals surface area contributed by atoms with Gasteiger partial charge in [0.15, 0.2) is 0 Å². The van der Waals surface area contributed by atoms with Crippen LogP contribution in [0.2, 0.25) is 0 Å². The van der Waals surface area contributed by atoms with Crippen molar-refractivity contribution in [3.63, 3.8) is 0 Å². The van der Waals surface area contributed by atoms with E-state index in [-0.39, 0.29) is 12.0 Å². The Morgan fingerprint density at radius 3 is 2.11 bits per heavy atom. The number of rotatable bonds is 10. The van der Waals surface area contributed by atoms with Gasteiger partial charge in [0, 0.05) is 25.6 Å². The van der Waals surface area contributed by atoms with E-state index >= 15 is 0 Å². The van der Waals surface area contributed by atoms with Crippen molar-refractivity contribution in [1.29, 1.82) is 0 Å². The van der Waals surface area contributed by atoms with Crippen LogP contribution in [-0.4, -0.2) is 46.2 Å². The summed E-state index contributed by atoms with van der Waals surface area (Å²) in [6.07, 6.45) is -2.70. The lowest BCUT2D eigenvalue weighted by atomic mass is 9.83. The molecule has 0 saturated heterocycles. The van der Waals surface area contributed by atoms with Gasteiger partial charge in [-0.2, -0.15) is 13.2 Å². The first kappa shape index (κ1) is 17.7. The molecule has 0 aromatic rings. The van der Waals surface area contributed by atoms with Crippen molar-refractivity contribution in [1.82, 2.24) is 5.32 Å². The Hall–Kier alpha value is -0.330. The number of alkyl halides is 3. The third-order valence-corrected chi connectivity index (χ3v) is 3.16. The third kappa shape index (κ3) is 7.89. The van der Waals surface area contributed by atoms with Gasteiger partial charge in [-0.25, -0.2) is 0 Å². The second-order valence-electron chi connectivity index (χ2n) is 4.48. The van der Waals surface area contributed by atoms with Crippen molar-refractivity contribution in [3.05, 3.63) is 0 Å². The van der Waals surface area contributed by atoms with Gasteiger partial charge >= 0.3 is 6.18 Å². The van der Waals surface area contributed by atoms with E-state index in [1.165, 1.54) is 0 Å². The molecule has 0 atom stereocenters. The zero-order valence-electron chi connectivity index (χ0n) is 11.4. The number of ether oxygens (including phenoxy) is 2. The Morgan fingerprint density at radius 2 is 1.67 bits per heavy atom. The summed E-state index contributed by atoms with van der Waals surface area (Å²) in [6.45, 7) is 4.81. The highest BCUT2D eigenvalue weighted by atomic mass is 19.4. The molecule has 110 valence electrons. The van der Waals surface area contributed by atoms with Crippen LogP contribution >= 0.6 is 0 Å². The maximum Gasteiger partial charge on any atom is 0.411 e. The molecular formula is C12H24F3NO2. The number of halogens is 3. The van der Waals surface area contributed by atoms with Crippen LogP contribution in [0.4, 0.5) is 13.2 Å². The Kier molecular flexibility index (Phi) is 8.56. The molecule has 0 heterocycles. The molecule has 0 aliphatic heterocycles. The van der Waals surface area contributed by atoms with Gasteiger partial charge in [0.2, 0.25) is 0 Å². The van der Waals surface area contributed by atoms with Crippen molar-refractivity contribution in [2.24, 2.45) is 5.41 Å². The summed E-state index contributed by atoms with van der Waals surface area (Å²) >= 11 is 0. The average molecular weight is 271 g/mol. The van der Waals surface area contributed by atoms with Crippen LogP contribution in [0.3, 0.4) is 0 Å². The van der Waals surface area contributed by atoms with Crippen molar-refractivity contribution in [3.8, 4) is 0 Å². The molecule has 0 radical (unpaired) electrons. The minimum Gasteiger partial charge on any atom is -0.383 e. The topological polar surface area (TPSA) is 30.5 Å². The van der Waals surface area contributed by atoms with E-state index in [9.17, 15) is 13.2 Å². The van der Waals surface area contributed by atoms with Gasteiger partial charge in [-0.15, -0.1) is 0 Å². The minimum absolute atomic E-state index is 0.124. The van der Waals surface area contributed by atoms with E-state index in [1.54, 1.807) is 7.11 Å². The zero-order chi connectivity index (χ0) is 14.1. The Balaban J connectivity index is 4.08. The molecule has 1 N–H and O–H groups in total. The summed E-state index contributed by atoms with van der Waals surface area (Å²) in [6, 6.07) is 0. The summed E-state index contributed by atoms with van der Waals surface area (Å²) in [5.41, 5.74) is -0.237. The van der Waals surface area contributed by atoms with Gasteiger partial charge in [0.1, 0.15) is 6.61 Å². The number of methoxy groups -OCH3 is 1. The molecule has 0 aromatic heterocycles. The molecule has 0 rings (SSSR count). The fourth-order valence-corrected chi connectivity index (χ4v) is 1.67. The van der Waals surface area contributed by atoms with Crippen LogP contribution in [0, 0.1) is 5.41 Å². The largest absolute Gasteiger partial charge is 0.411 e. The quantitative estimate of drug-likeness (QED) is 0.620. The summed E-state index contributed by atoms with van der Waals surface area (Å²) < 4.78 is 45.8. The SMILES string of the molecule is CCC(CC)(CNCCOC)COCC(F)(F)F. The van der Waals surface area contributed by atoms with E-state index in [2.05, 4.69) is 5.32 Å². The molecule has 0 fully saturated rings. The molecule has 0 aliphatic carbocycles. The lowest BCUT2D eigenvalue weighted by molar-refractivity contribution is -0.181. The van der Waals surface area contributed by atoms with Crippen molar-refractivity contribution < 1.29 is 22.6 Å². The van der Waals surface area contributed by atoms with Crippen LogP contribution in [0.25, 0.3) is 0 Å². The van der Waals surface area contributed by atoms with Gasteiger partial charge in [-0.05, 0) is 12.8 Å². The first-order valence-electron chi connectivity index (χ1n) is 6.23. The molecule has 0 spiro atoms. The second-order valence-corrected chi connectivity index (χ2v) is 4.48. The van der Waals surface area contributed by atoms with Gasteiger partial charge in [0.25, 0.3) is 0 Å². The summed E-state index contributed by atoms with van der Waals surface area (Å²) in [5, 5.41) is 3.19. The molecule has 0 aromatic carbocycles. The van der Waals surface area contributed by atoms with Crippen LogP contribution in [0.5, 0.6) is 0 Å². The second kappa shape index (κ2) is 8.72. The predicted molar refractivity (Wildman–Crippen MR) is 64.6 cm³/mol. The van der Waals surface area contributed by atoms with Gasteiger partial charge in [0.05, 0.1) is 13.2 Å². The summed E-state index contributed by atoms with van der Waals surface area (Å²) in [4.78, 5) is 0. The third-order valence-electron chi connectivity index (χ3n) is 3.16. The highest BCUT2D eigenvalue weighted by molar-refractivity contribution is 4.79. The van der Waals surface area contributed by atoms with Crippen LogP contribution in [-0.2, 0) is 9.47 Å². The average Bonchev–Trinajstić information content (AvgIpc) is 2.31.